The lowest BCUT2D eigenvalue weighted by Gasteiger charge is -2.34. The molecule has 2 N–H and O–H groups in total. The maximum absolute atomic E-state index is 13.6. The smallest absolute Gasteiger partial charge is 0.269 e. The number of carbonyl (C=O) groups is 1. The number of hydrogen-bond donors (Lipinski definition) is 2. The third kappa shape index (κ3) is 4.86. The van der Waals surface area contributed by atoms with Crippen molar-refractivity contribution in [2.24, 2.45) is 5.92 Å². The number of nitrogens with one attached hydrogen (secondary N) is 2. The van der Waals surface area contributed by atoms with Crippen molar-refractivity contribution < 1.29 is 18.3 Å². The second-order valence-electron chi connectivity index (χ2n) is 7.67. The van der Waals surface area contributed by atoms with Crippen molar-refractivity contribution in [3.05, 3.63) is 57.6 Å². The van der Waals surface area contributed by atoms with Gasteiger partial charge in [0.2, 0.25) is 11.4 Å². The highest BCUT2D eigenvalue weighted by molar-refractivity contribution is 5.94. The molecule has 0 spiro atoms. The van der Waals surface area contributed by atoms with Crippen LogP contribution in [0.3, 0.4) is 0 Å². The molecule has 2 aromatic rings. The first-order valence-corrected chi connectivity index (χ1v) is 10.2. The van der Waals surface area contributed by atoms with E-state index in [1.54, 1.807) is 6.07 Å². The third-order valence-corrected chi connectivity index (χ3v) is 5.98. The lowest BCUT2D eigenvalue weighted by Crippen LogP contribution is -2.41. The van der Waals surface area contributed by atoms with Gasteiger partial charge in [-0.3, -0.25) is 9.59 Å². The molecular weight excluding hydrogens is 392 g/mol. The number of H-pyrrole nitrogens is 1. The van der Waals surface area contributed by atoms with Gasteiger partial charge in [0.25, 0.3) is 12.3 Å². The summed E-state index contributed by atoms with van der Waals surface area (Å²) in [7, 11) is 1.35. The second-order valence-corrected chi connectivity index (χ2v) is 7.67. The van der Waals surface area contributed by atoms with Crippen LogP contribution in [0, 0.1) is 5.92 Å². The van der Waals surface area contributed by atoms with E-state index >= 15 is 0 Å². The van der Waals surface area contributed by atoms with E-state index in [0.29, 0.717) is 11.1 Å². The molecule has 1 aliphatic rings. The van der Waals surface area contributed by atoms with E-state index in [2.05, 4.69) is 15.3 Å². The number of carbonyl (C=O) groups excluding carboxylic acids is 1. The minimum atomic E-state index is -2.64. The lowest BCUT2D eigenvalue weighted by molar-refractivity contribution is 0.0908. The molecule has 6 nitrogen and oxygen atoms in total. The average molecular weight is 419 g/mol. The molecule has 1 amide bonds. The Kier molecular flexibility index (Phi) is 7.18. The molecule has 1 aliphatic carbocycles. The van der Waals surface area contributed by atoms with Gasteiger partial charge in [-0.25, -0.2) is 13.8 Å². The van der Waals surface area contributed by atoms with Gasteiger partial charge in [-0.1, -0.05) is 6.92 Å². The van der Waals surface area contributed by atoms with Crippen LogP contribution < -0.4 is 15.6 Å². The Morgan fingerprint density at radius 1 is 1.27 bits per heavy atom. The quantitative estimate of drug-likeness (QED) is 0.705. The van der Waals surface area contributed by atoms with Crippen molar-refractivity contribution >= 4 is 5.91 Å². The Balaban J connectivity index is 1.66. The normalized spacial score (nSPS) is 20.0. The number of aromatic amines is 1. The van der Waals surface area contributed by atoms with E-state index in [9.17, 15) is 18.4 Å². The van der Waals surface area contributed by atoms with Crippen LogP contribution in [0.5, 0.6) is 5.88 Å². The molecular formula is C22H27F2N3O3. The zero-order chi connectivity index (χ0) is 21.7. The molecule has 8 heteroatoms. The molecule has 0 unspecified atom stereocenters. The zero-order valence-corrected chi connectivity index (χ0v) is 17.2. The molecule has 0 saturated heterocycles. The number of ether oxygens (including phenoxy) is 1. The van der Waals surface area contributed by atoms with E-state index in [1.165, 1.54) is 31.6 Å². The molecule has 0 aromatic carbocycles. The van der Waals surface area contributed by atoms with Crippen molar-refractivity contribution in [3.63, 3.8) is 0 Å². The number of rotatable bonds is 7. The van der Waals surface area contributed by atoms with Crippen LogP contribution in [0.1, 0.15) is 72.9 Å². The Bertz CT molecular complexity index is 904. The van der Waals surface area contributed by atoms with Gasteiger partial charge < -0.3 is 15.0 Å². The van der Waals surface area contributed by atoms with Gasteiger partial charge in [-0.05, 0) is 61.6 Å². The van der Waals surface area contributed by atoms with E-state index in [1.807, 2.05) is 6.92 Å². The van der Waals surface area contributed by atoms with E-state index in [-0.39, 0.29) is 40.8 Å². The monoisotopic (exact) mass is 419 g/mol. The SMILES string of the molecule is CC[C@H](NC(=O)c1ccc(=O)[nH]c1)C1CCC(c2ccnc(OC)c2C(F)F)CC1. The van der Waals surface area contributed by atoms with Gasteiger partial charge in [0, 0.05) is 24.5 Å². The van der Waals surface area contributed by atoms with Crippen LogP contribution >= 0.6 is 0 Å². The molecule has 0 radical (unpaired) electrons. The van der Waals surface area contributed by atoms with Crippen molar-refractivity contribution in [3.8, 4) is 5.88 Å². The highest BCUT2D eigenvalue weighted by Gasteiger charge is 2.32. The number of aromatic nitrogens is 2. The molecule has 162 valence electrons. The van der Waals surface area contributed by atoms with Crippen LogP contribution in [0.4, 0.5) is 8.78 Å². The molecule has 1 fully saturated rings. The number of methoxy groups -OCH3 is 1. The third-order valence-electron chi connectivity index (χ3n) is 5.98. The average Bonchev–Trinajstić information content (AvgIpc) is 2.77. The number of pyridine rings is 2. The highest BCUT2D eigenvalue weighted by atomic mass is 19.3. The van der Waals surface area contributed by atoms with Crippen LogP contribution in [0.2, 0.25) is 0 Å². The molecule has 2 heterocycles. The Hall–Kier alpha value is -2.77. The summed E-state index contributed by atoms with van der Waals surface area (Å²) in [6.45, 7) is 2.02. The summed E-state index contributed by atoms with van der Waals surface area (Å²) < 4.78 is 32.3. The van der Waals surface area contributed by atoms with Crippen LogP contribution in [0.25, 0.3) is 0 Å². The van der Waals surface area contributed by atoms with Crippen LogP contribution in [-0.2, 0) is 0 Å². The van der Waals surface area contributed by atoms with Gasteiger partial charge in [0.15, 0.2) is 0 Å². The van der Waals surface area contributed by atoms with Crippen LogP contribution in [-0.4, -0.2) is 29.0 Å². The van der Waals surface area contributed by atoms with E-state index < -0.39 is 6.43 Å². The van der Waals surface area contributed by atoms with Gasteiger partial charge in [0.05, 0.1) is 18.2 Å². The second kappa shape index (κ2) is 9.82. The largest absolute Gasteiger partial charge is 0.481 e. The van der Waals surface area contributed by atoms with Gasteiger partial charge in [0.1, 0.15) is 0 Å². The summed E-state index contributed by atoms with van der Waals surface area (Å²) >= 11 is 0. The fourth-order valence-electron chi connectivity index (χ4n) is 4.40. The number of nitrogens with zero attached hydrogens (tertiary/aromatic N) is 1. The topological polar surface area (TPSA) is 84.1 Å². The molecule has 1 saturated carbocycles. The standard InChI is InChI=1S/C22H27F2N3O3/c1-3-17(27-21(29)15-8-9-18(28)26-12-15)14-6-4-13(5-7-14)16-10-11-25-22(30-2)19(16)20(23)24/h8-14,17,20H,3-7H2,1-2H3,(H,26,28)(H,27,29)/t13?,14?,17-/m0/s1. The molecule has 3 rings (SSSR count). The van der Waals surface area contributed by atoms with E-state index in [4.69, 9.17) is 4.74 Å². The predicted molar refractivity (Wildman–Crippen MR) is 109 cm³/mol. The van der Waals surface area contributed by atoms with Gasteiger partial charge in [-0.15, -0.1) is 0 Å². The Morgan fingerprint density at radius 3 is 2.57 bits per heavy atom. The number of alkyl halides is 2. The molecule has 1 atom stereocenters. The summed E-state index contributed by atoms with van der Waals surface area (Å²) in [5.74, 6) is 0.0644. The van der Waals surface area contributed by atoms with Crippen molar-refractivity contribution in [1.82, 2.24) is 15.3 Å². The fraction of sp³-hybridized carbons (Fsp3) is 0.500. The number of hydrogen-bond acceptors (Lipinski definition) is 4. The molecule has 2 aromatic heterocycles. The van der Waals surface area contributed by atoms with E-state index in [0.717, 1.165) is 32.1 Å². The predicted octanol–water partition coefficient (Wildman–Crippen LogP) is 4.20. The maximum atomic E-state index is 13.6. The lowest BCUT2D eigenvalue weighted by atomic mass is 9.74. The molecule has 0 bridgehead atoms. The maximum Gasteiger partial charge on any atom is 0.269 e. The Morgan fingerprint density at radius 2 is 2.00 bits per heavy atom. The highest BCUT2D eigenvalue weighted by Crippen LogP contribution is 2.42. The zero-order valence-electron chi connectivity index (χ0n) is 17.2. The molecule has 0 aliphatic heterocycles. The van der Waals surface area contributed by atoms with Crippen molar-refractivity contribution in [2.75, 3.05) is 7.11 Å². The Labute approximate surface area is 174 Å². The van der Waals surface area contributed by atoms with Gasteiger partial charge in [-0.2, -0.15) is 0 Å². The molecule has 30 heavy (non-hydrogen) atoms. The summed E-state index contributed by atoms with van der Waals surface area (Å²) in [6.07, 6.45) is 4.27. The summed E-state index contributed by atoms with van der Waals surface area (Å²) in [6, 6.07) is 4.49. The first kappa shape index (κ1) is 21.9. The van der Waals surface area contributed by atoms with Crippen LogP contribution in [0.15, 0.2) is 35.4 Å². The van der Waals surface area contributed by atoms with Crippen molar-refractivity contribution in [1.29, 1.82) is 0 Å². The van der Waals surface area contributed by atoms with Gasteiger partial charge >= 0.3 is 0 Å². The summed E-state index contributed by atoms with van der Waals surface area (Å²) in [5.41, 5.74) is 0.655. The minimum Gasteiger partial charge on any atom is -0.481 e. The van der Waals surface area contributed by atoms with Crippen molar-refractivity contribution in [2.45, 2.75) is 57.4 Å². The summed E-state index contributed by atoms with van der Waals surface area (Å²) in [5, 5.41) is 3.06. The first-order chi connectivity index (χ1) is 14.4. The number of amides is 1. The first-order valence-electron chi connectivity index (χ1n) is 10.2. The summed E-state index contributed by atoms with van der Waals surface area (Å²) in [4.78, 5) is 30.1. The minimum absolute atomic E-state index is 0.00748. The number of halogens is 2. The fourth-order valence-corrected chi connectivity index (χ4v) is 4.40.